The van der Waals surface area contributed by atoms with E-state index in [9.17, 15) is 18.0 Å². The smallest absolute Gasteiger partial charge is 0.351 e. The molecule has 1 saturated carbocycles. The first kappa shape index (κ1) is 16.3. The predicted octanol–water partition coefficient (Wildman–Crippen LogP) is 2.36. The van der Waals surface area contributed by atoms with Crippen molar-refractivity contribution in [2.24, 2.45) is 5.92 Å². The Labute approximate surface area is 132 Å². The molecule has 1 aromatic rings. The molecular formula is C16H20F3N3O. The van der Waals surface area contributed by atoms with Crippen molar-refractivity contribution < 1.29 is 18.0 Å². The molecule has 1 aromatic carbocycles. The van der Waals surface area contributed by atoms with Crippen LogP contribution in [0.4, 0.5) is 13.2 Å². The van der Waals surface area contributed by atoms with Gasteiger partial charge in [0.1, 0.15) is 6.04 Å². The molecule has 1 aliphatic carbocycles. The molecule has 1 saturated heterocycles. The summed E-state index contributed by atoms with van der Waals surface area (Å²) < 4.78 is 38.1. The third-order valence-electron chi connectivity index (χ3n) is 4.68. The van der Waals surface area contributed by atoms with Gasteiger partial charge in [0, 0.05) is 18.5 Å². The van der Waals surface area contributed by atoms with E-state index in [4.69, 9.17) is 0 Å². The number of carbonyl (C=O) groups is 1. The van der Waals surface area contributed by atoms with E-state index in [0.717, 1.165) is 37.8 Å². The average molecular weight is 327 g/mol. The van der Waals surface area contributed by atoms with E-state index in [1.165, 1.54) is 6.07 Å². The molecule has 3 rings (SSSR count). The number of hydrogen-bond acceptors (Lipinski definition) is 3. The maximum absolute atomic E-state index is 12.7. The molecule has 1 aliphatic heterocycles. The Bertz CT molecular complexity index is 576. The van der Waals surface area contributed by atoms with Crippen molar-refractivity contribution in [3.8, 4) is 0 Å². The zero-order chi connectivity index (χ0) is 16.4. The molecule has 0 aromatic heterocycles. The van der Waals surface area contributed by atoms with Gasteiger partial charge < -0.3 is 5.32 Å². The number of halogens is 3. The van der Waals surface area contributed by atoms with Crippen molar-refractivity contribution in [1.82, 2.24) is 16.2 Å². The van der Waals surface area contributed by atoms with Gasteiger partial charge in [0.2, 0.25) is 5.91 Å². The van der Waals surface area contributed by atoms with Crippen molar-refractivity contribution in [1.29, 1.82) is 0 Å². The van der Waals surface area contributed by atoms with E-state index in [1.54, 1.807) is 6.07 Å². The summed E-state index contributed by atoms with van der Waals surface area (Å²) in [5, 5.41) is 2.74. The highest BCUT2D eigenvalue weighted by atomic mass is 19.4. The van der Waals surface area contributed by atoms with Gasteiger partial charge >= 0.3 is 6.18 Å². The van der Waals surface area contributed by atoms with Gasteiger partial charge in [-0.1, -0.05) is 25.0 Å². The number of benzene rings is 1. The van der Waals surface area contributed by atoms with Crippen LogP contribution in [0.5, 0.6) is 0 Å². The number of hydrogen-bond donors (Lipinski definition) is 3. The molecule has 2 aliphatic rings. The maximum atomic E-state index is 12.7. The van der Waals surface area contributed by atoms with Crippen LogP contribution in [0.15, 0.2) is 24.3 Å². The minimum atomic E-state index is -4.37. The minimum Gasteiger partial charge on any atom is -0.351 e. The molecular weight excluding hydrogens is 307 g/mol. The molecule has 3 atom stereocenters. The monoisotopic (exact) mass is 327 g/mol. The topological polar surface area (TPSA) is 53.2 Å². The van der Waals surface area contributed by atoms with Crippen molar-refractivity contribution in [2.75, 3.05) is 0 Å². The summed E-state index contributed by atoms with van der Waals surface area (Å²) >= 11 is 0. The number of fused-ring (bicyclic) bond motifs is 1. The third-order valence-corrected chi connectivity index (χ3v) is 4.68. The number of alkyl halides is 3. The summed E-state index contributed by atoms with van der Waals surface area (Å²) in [6.45, 7) is 0.0956. The first-order valence-corrected chi connectivity index (χ1v) is 7.90. The molecule has 0 spiro atoms. The zero-order valence-electron chi connectivity index (χ0n) is 12.6. The van der Waals surface area contributed by atoms with Gasteiger partial charge in [0.05, 0.1) is 5.56 Å². The first-order valence-electron chi connectivity index (χ1n) is 7.90. The summed E-state index contributed by atoms with van der Waals surface area (Å²) in [5.41, 5.74) is 5.93. The van der Waals surface area contributed by atoms with Gasteiger partial charge in [-0.2, -0.15) is 13.2 Å². The number of carbonyl (C=O) groups excluding carboxylic acids is 1. The van der Waals surface area contributed by atoms with Gasteiger partial charge in [-0.05, 0) is 30.5 Å². The maximum Gasteiger partial charge on any atom is 0.416 e. The van der Waals surface area contributed by atoms with Crippen LogP contribution >= 0.6 is 0 Å². The second-order valence-electron chi connectivity index (χ2n) is 6.24. The van der Waals surface area contributed by atoms with E-state index in [2.05, 4.69) is 16.2 Å². The van der Waals surface area contributed by atoms with Crippen LogP contribution in [0.3, 0.4) is 0 Å². The zero-order valence-corrected chi connectivity index (χ0v) is 12.6. The quantitative estimate of drug-likeness (QED) is 0.799. The van der Waals surface area contributed by atoms with Gasteiger partial charge in [-0.25, -0.2) is 5.43 Å². The lowest BCUT2D eigenvalue weighted by Crippen LogP contribution is -2.45. The highest BCUT2D eigenvalue weighted by Crippen LogP contribution is 2.31. The van der Waals surface area contributed by atoms with Crippen LogP contribution < -0.4 is 16.2 Å². The lowest BCUT2D eigenvalue weighted by Gasteiger charge is -2.26. The molecule has 1 heterocycles. The van der Waals surface area contributed by atoms with E-state index < -0.39 is 11.7 Å². The molecule has 3 unspecified atom stereocenters. The van der Waals surface area contributed by atoms with E-state index >= 15 is 0 Å². The second kappa shape index (κ2) is 6.49. The molecule has 7 heteroatoms. The van der Waals surface area contributed by atoms with Crippen LogP contribution in [0.2, 0.25) is 0 Å². The second-order valence-corrected chi connectivity index (χ2v) is 6.24. The number of amides is 1. The Morgan fingerprint density at radius 2 is 2.00 bits per heavy atom. The average Bonchev–Trinajstić information content (AvgIpc) is 2.96. The fourth-order valence-electron chi connectivity index (χ4n) is 3.46. The van der Waals surface area contributed by atoms with E-state index in [-0.39, 0.29) is 24.4 Å². The fourth-order valence-corrected chi connectivity index (χ4v) is 3.46. The van der Waals surface area contributed by atoms with Crippen molar-refractivity contribution >= 4 is 5.91 Å². The van der Waals surface area contributed by atoms with Crippen LogP contribution in [0.1, 0.15) is 36.8 Å². The highest BCUT2D eigenvalue weighted by Gasteiger charge is 2.40. The molecule has 126 valence electrons. The minimum absolute atomic E-state index is 0.0956. The predicted molar refractivity (Wildman–Crippen MR) is 79.1 cm³/mol. The lowest BCUT2D eigenvalue weighted by atomic mass is 9.81. The molecule has 2 fully saturated rings. The summed E-state index contributed by atoms with van der Waals surface area (Å²) in [7, 11) is 0. The number of rotatable bonds is 3. The number of nitrogens with one attached hydrogen (secondary N) is 3. The first-order chi connectivity index (χ1) is 10.9. The molecule has 1 amide bonds. The largest absolute Gasteiger partial charge is 0.416 e. The van der Waals surface area contributed by atoms with E-state index in [0.29, 0.717) is 11.6 Å². The fraction of sp³-hybridized carbons (Fsp3) is 0.562. The Kier molecular flexibility index (Phi) is 4.59. The van der Waals surface area contributed by atoms with Crippen LogP contribution in [0, 0.1) is 5.92 Å². The van der Waals surface area contributed by atoms with Gasteiger partial charge in [0.25, 0.3) is 0 Å². The number of hydrazine groups is 1. The summed E-state index contributed by atoms with van der Waals surface area (Å²) in [6.07, 6.45) is -0.0516. The van der Waals surface area contributed by atoms with Gasteiger partial charge in [-0.15, -0.1) is 0 Å². The SMILES string of the molecule is O=C(NCc1cccc(C(F)(F)F)c1)C1NNC2CCCCC21. The summed E-state index contributed by atoms with van der Waals surface area (Å²) in [5.74, 6) is 0.0922. The van der Waals surface area contributed by atoms with Crippen LogP contribution in [0.25, 0.3) is 0 Å². The van der Waals surface area contributed by atoms with Crippen LogP contribution in [-0.4, -0.2) is 18.0 Å². The molecule has 0 radical (unpaired) electrons. The third kappa shape index (κ3) is 3.67. The van der Waals surface area contributed by atoms with Gasteiger partial charge in [0.15, 0.2) is 0 Å². The van der Waals surface area contributed by atoms with Crippen molar-refractivity contribution in [2.45, 2.75) is 50.5 Å². The summed E-state index contributed by atoms with van der Waals surface area (Å²) in [4.78, 5) is 12.3. The Morgan fingerprint density at radius 3 is 2.78 bits per heavy atom. The lowest BCUT2D eigenvalue weighted by molar-refractivity contribution is -0.137. The Hall–Kier alpha value is -1.60. The molecule has 23 heavy (non-hydrogen) atoms. The molecule has 3 N–H and O–H groups in total. The standard InChI is InChI=1S/C16H20F3N3O/c17-16(18,19)11-5-3-4-10(8-11)9-20-15(23)14-12-6-1-2-7-13(12)21-22-14/h3-5,8,12-14,21-22H,1-2,6-7,9H2,(H,20,23). The Balaban J connectivity index is 1.59. The normalized spacial score (nSPS) is 27.5. The summed E-state index contributed by atoms with van der Waals surface area (Å²) in [6, 6.07) is 5.04. The Morgan fingerprint density at radius 1 is 1.22 bits per heavy atom. The molecule has 4 nitrogen and oxygen atoms in total. The van der Waals surface area contributed by atoms with Crippen molar-refractivity contribution in [3.05, 3.63) is 35.4 Å². The van der Waals surface area contributed by atoms with Gasteiger partial charge in [-0.3, -0.25) is 10.2 Å². The van der Waals surface area contributed by atoms with E-state index in [1.807, 2.05) is 0 Å². The van der Waals surface area contributed by atoms with Crippen LogP contribution in [-0.2, 0) is 17.5 Å². The molecule has 0 bridgehead atoms. The highest BCUT2D eigenvalue weighted by molar-refractivity contribution is 5.82. The van der Waals surface area contributed by atoms with Crippen molar-refractivity contribution in [3.63, 3.8) is 0 Å².